The van der Waals surface area contributed by atoms with Crippen molar-refractivity contribution in [2.75, 3.05) is 0 Å². The topological polar surface area (TPSA) is 92.2 Å². The van der Waals surface area contributed by atoms with Crippen molar-refractivity contribution in [2.45, 2.75) is 6.54 Å². The third-order valence-electron chi connectivity index (χ3n) is 3.32. The van der Waals surface area contributed by atoms with Gasteiger partial charge < -0.3 is 10.4 Å². The Kier molecular flexibility index (Phi) is 4.62. The molecule has 0 unspecified atom stereocenters. The van der Waals surface area contributed by atoms with Crippen LogP contribution < -0.4 is 5.32 Å². The van der Waals surface area contributed by atoms with Crippen LogP contribution in [0.2, 0.25) is 0 Å². The van der Waals surface area contributed by atoms with Crippen LogP contribution in [0.3, 0.4) is 0 Å². The van der Waals surface area contributed by atoms with Gasteiger partial charge >= 0.3 is 5.97 Å². The summed E-state index contributed by atoms with van der Waals surface area (Å²) < 4.78 is 0. The number of benzene rings is 1. The van der Waals surface area contributed by atoms with Crippen molar-refractivity contribution in [3.8, 4) is 10.4 Å². The first kappa shape index (κ1) is 15.8. The molecular formula is C17H13N3O3S. The van der Waals surface area contributed by atoms with E-state index in [0.717, 1.165) is 4.88 Å². The number of carbonyl (C=O) groups is 2. The highest BCUT2D eigenvalue weighted by molar-refractivity contribution is 7.15. The lowest BCUT2D eigenvalue weighted by atomic mass is 10.1. The maximum atomic E-state index is 12.0. The number of hydrogen-bond acceptors (Lipinski definition) is 5. The van der Waals surface area contributed by atoms with Gasteiger partial charge in [-0.2, -0.15) is 0 Å². The van der Waals surface area contributed by atoms with E-state index in [-0.39, 0.29) is 18.0 Å². The first-order valence-electron chi connectivity index (χ1n) is 7.11. The second kappa shape index (κ2) is 7.01. The minimum atomic E-state index is -0.980. The Morgan fingerprint density at radius 2 is 1.88 bits per heavy atom. The molecule has 3 aromatic rings. The molecule has 0 radical (unpaired) electrons. The summed E-state index contributed by atoms with van der Waals surface area (Å²) in [5.41, 5.74) is 1.38. The maximum absolute atomic E-state index is 12.0. The largest absolute Gasteiger partial charge is 0.478 e. The van der Waals surface area contributed by atoms with Crippen LogP contribution in [0.5, 0.6) is 0 Å². The maximum Gasteiger partial charge on any atom is 0.336 e. The Morgan fingerprint density at radius 1 is 1.12 bits per heavy atom. The molecule has 0 saturated carbocycles. The van der Waals surface area contributed by atoms with Gasteiger partial charge in [0.25, 0.3) is 5.91 Å². The number of carboxylic acids is 1. The molecule has 1 amide bonds. The average molecular weight is 339 g/mol. The number of pyridine rings is 1. The lowest BCUT2D eigenvalue weighted by molar-refractivity contribution is 0.0697. The van der Waals surface area contributed by atoms with Gasteiger partial charge in [0, 0.05) is 29.7 Å². The highest BCUT2D eigenvalue weighted by Gasteiger charge is 2.14. The fourth-order valence-electron chi connectivity index (χ4n) is 2.16. The van der Waals surface area contributed by atoms with E-state index in [4.69, 9.17) is 0 Å². The van der Waals surface area contributed by atoms with Crippen molar-refractivity contribution in [3.05, 3.63) is 71.1 Å². The molecule has 0 aliphatic heterocycles. The number of aromatic nitrogens is 2. The highest BCUT2D eigenvalue weighted by Crippen LogP contribution is 2.29. The molecule has 0 fully saturated rings. The van der Waals surface area contributed by atoms with E-state index in [2.05, 4.69) is 15.3 Å². The number of hydrogen-bond donors (Lipinski definition) is 2. The predicted octanol–water partition coefficient (Wildman–Crippen LogP) is 2.83. The van der Waals surface area contributed by atoms with Crippen molar-refractivity contribution >= 4 is 23.2 Å². The van der Waals surface area contributed by atoms with Gasteiger partial charge in [0.05, 0.1) is 17.0 Å². The SMILES string of the molecule is O=C(NCc1ncc(-c2ccccc2C(=O)O)s1)c1ccncc1. The Bertz CT molecular complexity index is 878. The van der Waals surface area contributed by atoms with E-state index < -0.39 is 5.97 Å². The second-order valence-electron chi connectivity index (χ2n) is 4.89. The monoisotopic (exact) mass is 339 g/mol. The van der Waals surface area contributed by atoms with Crippen LogP contribution in [0.15, 0.2) is 55.0 Å². The molecule has 2 heterocycles. The van der Waals surface area contributed by atoms with Crippen molar-refractivity contribution < 1.29 is 14.7 Å². The molecule has 0 saturated heterocycles. The Hall–Kier alpha value is -3.06. The van der Waals surface area contributed by atoms with Gasteiger partial charge in [0.1, 0.15) is 5.01 Å². The molecule has 6 nitrogen and oxygen atoms in total. The first-order chi connectivity index (χ1) is 11.6. The van der Waals surface area contributed by atoms with Crippen molar-refractivity contribution in [1.29, 1.82) is 0 Å². The number of nitrogens with zero attached hydrogens (tertiary/aromatic N) is 2. The summed E-state index contributed by atoms with van der Waals surface area (Å²) in [6, 6.07) is 10.0. The van der Waals surface area contributed by atoms with Gasteiger partial charge in [-0.05, 0) is 18.2 Å². The molecular weight excluding hydrogens is 326 g/mol. The molecule has 1 aromatic carbocycles. The molecule has 2 N–H and O–H groups in total. The summed E-state index contributed by atoms with van der Waals surface area (Å²) in [5.74, 6) is -1.19. The van der Waals surface area contributed by atoms with Crippen molar-refractivity contribution in [3.63, 3.8) is 0 Å². The van der Waals surface area contributed by atoms with E-state index in [1.165, 1.54) is 11.3 Å². The minimum Gasteiger partial charge on any atom is -0.478 e. The molecule has 120 valence electrons. The van der Waals surface area contributed by atoms with Crippen LogP contribution in [-0.4, -0.2) is 27.0 Å². The fourth-order valence-corrected chi connectivity index (χ4v) is 3.06. The third-order valence-corrected chi connectivity index (χ3v) is 4.35. The fraction of sp³-hybridized carbons (Fsp3) is 0.0588. The number of thiazole rings is 1. The molecule has 7 heteroatoms. The number of rotatable bonds is 5. The van der Waals surface area contributed by atoms with Crippen LogP contribution in [0.1, 0.15) is 25.7 Å². The predicted molar refractivity (Wildman–Crippen MR) is 89.9 cm³/mol. The number of carboxylic acid groups (broad SMARTS) is 1. The first-order valence-corrected chi connectivity index (χ1v) is 7.92. The van der Waals surface area contributed by atoms with Crippen LogP contribution in [0.4, 0.5) is 0 Å². The van der Waals surface area contributed by atoms with E-state index in [1.807, 2.05) is 0 Å². The van der Waals surface area contributed by atoms with Gasteiger partial charge in [-0.1, -0.05) is 18.2 Å². The van der Waals surface area contributed by atoms with Crippen LogP contribution in [0.25, 0.3) is 10.4 Å². The summed E-state index contributed by atoms with van der Waals surface area (Å²) in [4.78, 5) is 32.2. The van der Waals surface area contributed by atoms with Gasteiger partial charge in [-0.15, -0.1) is 11.3 Å². The van der Waals surface area contributed by atoms with E-state index >= 15 is 0 Å². The molecule has 0 aliphatic rings. The molecule has 2 aromatic heterocycles. The summed E-state index contributed by atoms with van der Waals surface area (Å²) in [6.07, 6.45) is 4.73. The average Bonchev–Trinajstić information content (AvgIpc) is 3.09. The van der Waals surface area contributed by atoms with Gasteiger partial charge in [0.2, 0.25) is 0 Å². The highest BCUT2D eigenvalue weighted by atomic mass is 32.1. The Labute approximate surface area is 141 Å². The quantitative estimate of drug-likeness (QED) is 0.746. The molecule has 0 atom stereocenters. The summed E-state index contributed by atoms with van der Waals surface area (Å²) in [7, 11) is 0. The Balaban J connectivity index is 1.73. The van der Waals surface area contributed by atoms with Crippen molar-refractivity contribution in [1.82, 2.24) is 15.3 Å². The molecule has 0 bridgehead atoms. The van der Waals surface area contributed by atoms with Crippen LogP contribution in [-0.2, 0) is 6.54 Å². The number of amides is 1. The smallest absolute Gasteiger partial charge is 0.336 e. The number of aromatic carboxylic acids is 1. The zero-order valence-electron chi connectivity index (χ0n) is 12.5. The minimum absolute atomic E-state index is 0.208. The lowest BCUT2D eigenvalue weighted by Gasteiger charge is -2.03. The van der Waals surface area contributed by atoms with Gasteiger partial charge in [-0.25, -0.2) is 9.78 Å². The molecule has 0 spiro atoms. The number of carbonyl (C=O) groups excluding carboxylic acids is 1. The van der Waals surface area contributed by atoms with Gasteiger partial charge in [-0.3, -0.25) is 9.78 Å². The van der Waals surface area contributed by atoms with Crippen molar-refractivity contribution in [2.24, 2.45) is 0 Å². The van der Waals surface area contributed by atoms with E-state index in [1.54, 1.807) is 55.0 Å². The lowest BCUT2D eigenvalue weighted by Crippen LogP contribution is -2.22. The second-order valence-corrected chi connectivity index (χ2v) is 6.00. The Morgan fingerprint density at radius 3 is 2.62 bits per heavy atom. The van der Waals surface area contributed by atoms with Gasteiger partial charge in [0.15, 0.2) is 0 Å². The summed E-state index contributed by atoms with van der Waals surface area (Å²) in [6.45, 7) is 0.279. The summed E-state index contributed by atoms with van der Waals surface area (Å²) in [5, 5.41) is 12.7. The molecule has 3 rings (SSSR count). The normalized spacial score (nSPS) is 10.3. The van der Waals surface area contributed by atoms with E-state index in [9.17, 15) is 14.7 Å². The number of nitrogens with one attached hydrogen (secondary N) is 1. The third kappa shape index (κ3) is 3.47. The zero-order valence-corrected chi connectivity index (χ0v) is 13.3. The standard InChI is InChI=1S/C17H13N3O3S/c21-16(11-5-7-18-8-6-11)20-10-15-19-9-14(24-15)12-3-1-2-4-13(12)17(22)23/h1-9H,10H2,(H,20,21)(H,22,23). The van der Waals surface area contributed by atoms with Crippen LogP contribution in [0, 0.1) is 0 Å². The van der Waals surface area contributed by atoms with E-state index in [0.29, 0.717) is 16.1 Å². The zero-order chi connectivity index (χ0) is 16.9. The molecule has 0 aliphatic carbocycles. The molecule has 24 heavy (non-hydrogen) atoms. The summed E-state index contributed by atoms with van der Waals surface area (Å²) >= 11 is 1.35. The van der Waals surface area contributed by atoms with Crippen LogP contribution >= 0.6 is 11.3 Å².